The Hall–Kier alpha value is -2.14. The highest BCUT2D eigenvalue weighted by atomic mass is 35.5. The van der Waals surface area contributed by atoms with Gasteiger partial charge in [-0.05, 0) is 17.7 Å². The Balaban J connectivity index is 1.94. The molecule has 0 aliphatic carbocycles. The minimum absolute atomic E-state index is 0.208. The Morgan fingerprint density at radius 3 is 2.68 bits per heavy atom. The van der Waals surface area contributed by atoms with Crippen molar-refractivity contribution in [2.75, 3.05) is 7.11 Å². The lowest BCUT2D eigenvalue weighted by atomic mass is 10.2. The maximum absolute atomic E-state index is 11.8. The molecule has 0 atom stereocenters. The van der Waals surface area contributed by atoms with Gasteiger partial charge in [0.2, 0.25) is 5.88 Å². The van der Waals surface area contributed by atoms with Crippen molar-refractivity contribution in [2.45, 2.75) is 6.54 Å². The van der Waals surface area contributed by atoms with Crippen molar-refractivity contribution in [3.8, 4) is 5.88 Å². The van der Waals surface area contributed by atoms with Crippen LogP contribution in [0.2, 0.25) is 5.15 Å². The van der Waals surface area contributed by atoms with E-state index in [-0.39, 0.29) is 5.91 Å². The van der Waals surface area contributed by atoms with Crippen LogP contribution in [-0.4, -0.2) is 23.0 Å². The molecule has 0 saturated carbocycles. The molecule has 2 rings (SSSR count). The largest absolute Gasteiger partial charge is 0.481 e. The predicted molar refractivity (Wildman–Crippen MR) is 71.2 cm³/mol. The first-order valence-electron chi connectivity index (χ1n) is 5.57. The van der Waals surface area contributed by atoms with Gasteiger partial charge in [-0.1, -0.05) is 17.7 Å². The number of halogens is 1. The summed E-state index contributed by atoms with van der Waals surface area (Å²) in [4.78, 5) is 19.7. The molecule has 0 bridgehead atoms. The zero-order chi connectivity index (χ0) is 13.7. The number of pyridine rings is 2. The summed E-state index contributed by atoms with van der Waals surface area (Å²) in [6, 6.07) is 6.78. The van der Waals surface area contributed by atoms with Gasteiger partial charge >= 0.3 is 0 Å². The molecule has 0 aliphatic heterocycles. The number of carbonyl (C=O) groups excluding carboxylic acids is 1. The monoisotopic (exact) mass is 277 g/mol. The van der Waals surface area contributed by atoms with Crippen LogP contribution >= 0.6 is 11.6 Å². The van der Waals surface area contributed by atoms with Crippen LogP contribution < -0.4 is 10.1 Å². The lowest BCUT2D eigenvalue weighted by Gasteiger charge is -2.05. The van der Waals surface area contributed by atoms with Gasteiger partial charge in [0, 0.05) is 25.0 Å². The predicted octanol–water partition coefficient (Wildman–Crippen LogP) is 2.07. The molecule has 5 nitrogen and oxygen atoms in total. The molecule has 0 unspecified atom stereocenters. The molecule has 0 radical (unpaired) electrons. The zero-order valence-corrected chi connectivity index (χ0v) is 11.0. The van der Waals surface area contributed by atoms with E-state index in [1.165, 1.54) is 6.20 Å². The van der Waals surface area contributed by atoms with Crippen LogP contribution in [0.25, 0.3) is 0 Å². The van der Waals surface area contributed by atoms with Crippen LogP contribution in [0.1, 0.15) is 15.9 Å². The number of nitrogens with zero attached hydrogens (tertiary/aromatic N) is 2. The van der Waals surface area contributed by atoms with Gasteiger partial charge in [0.1, 0.15) is 5.15 Å². The van der Waals surface area contributed by atoms with E-state index in [1.54, 1.807) is 31.5 Å². The van der Waals surface area contributed by atoms with Gasteiger partial charge in [-0.2, -0.15) is 0 Å². The second-order valence-corrected chi connectivity index (χ2v) is 4.15. The number of nitrogens with one attached hydrogen (secondary N) is 1. The lowest BCUT2D eigenvalue weighted by Crippen LogP contribution is -2.22. The number of hydrogen-bond acceptors (Lipinski definition) is 4. The van der Waals surface area contributed by atoms with Crippen molar-refractivity contribution in [3.05, 3.63) is 52.9 Å². The molecule has 6 heteroatoms. The molecular formula is C13H12ClN3O2. The standard InChI is InChI=1S/C13H12ClN3O2/c1-19-12-5-2-9(6-16-12)7-17-13(18)10-3-4-11(14)15-8-10/h2-6,8H,7H2,1H3,(H,17,18). The summed E-state index contributed by atoms with van der Waals surface area (Å²) < 4.78 is 4.96. The van der Waals surface area contributed by atoms with E-state index in [0.29, 0.717) is 23.1 Å². The van der Waals surface area contributed by atoms with Crippen LogP contribution in [0.5, 0.6) is 5.88 Å². The number of rotatable bonds is 4. The van der Waals surface area contributed by atoms with E-state index in [2.05, 4.69) is 15.3 Å². The average molecular weight is 278 g/mol. The van der Waals surface area contributed by atoms with Gasteiger partial charge in [0.25, 0.3) is 5.91 Å². The number of aromatic nitrogens is 2. The van der Waals surface area contributed by atoms with Crippen molar-refractivity contribution in [1.82, 2.24) is 15.3 Å². The third-order valence-corrected chi connectivity index (χ3v) is 2.67. The number of methoxy groups -OCH3 is 1. The smallest absolute Gasteiger partial charge is 0.253 e. The Labute approximate surface area is 115 Å². The zero-order valence-electron chi connectivity index (χ0n) is 10.3. The Kier molecular flexibility index (Phi) is 4.30. The van der Waals surface area contributed by atoms with Crippen molar-refractivity contribution >= 4 is 17.5 Å². The van der Waals surface area contributed by atoms with Crippen LogP contribution in [0.3, 0.4) is 0 Å². The van der Waals surface area contributed by atoms with Gasteiger partial charge in [0.05, 0.1) is 12.7 Å². The third-order valence-electron chi connectivity index (χ3n) is 2.45. The fourth-order valence-electron chi connectivity index (χ4n) is 1.43. The molecule has 0 aliphatic rings. The number of ether oxygens (including phenoxy) is 1. The van der Waals surface area contributed by atoms with Crippen LogP contribution in [0, 0.1) is 0 Å². The highest BCUT2D eigenvalue weighted by Gasteiger charge is 2.05. The van der Waals surface area contributed by atoms with Crippen molar-refractivity contribution in [2.24, 2.45) is 0 Å². The topological polar surface area (TPSA) is 64.1 Å². The summed E-state index contributed by atoms with van der Waals surface area (Å²) >= 11 is 5.65. The molecule has 0 aromatic carbocycles. The molecule has 2 aromatic heterocycles. The summed E-state index contributed by atoms with van der Waals surface area (Å²) in [5.41, 5.74) is 1.35. The first-order valence-corrected chi connectivity index (χ1v) is 5.95. The van der Waals surface area contributed by atoms with Gasteiger partial charge in [0.15, 0.2) is 0 Å². The van der Waals surface area contributed by atoms with E-state index < -0.39 is 0 Å². The number of carbonyl (C=O) groups is 1. The summed E-state index contributed by atoms with van der Waals surface area (Å²) in [6.07, 6.45) is 3.09. The van der Waals surface area contributed by atoms with Gasteiger partial charge in [-0.25, -0.2) is 9.97 Å². The van der Waals surface area contributed by atoms with E-state index in [9.17, 15) is 4.79 Å². The van der Waals surface area contributed by atoms with Crippen LogP contribution in [0.15, 0.2) is 36.7 Å². The van der Waals surface area contributed by atoms with Gasteiger partial charge < -0.3 is 10.1 Å². The molecule has 2 heterocycles. The molecular weight excluding hydrogens is 266 g/mol. The quantitative estimate of drug-likeness (QED) is 0.869. The van der Waals surface area contributed by atoms with Gasteiger partial charge in [-0.15, -0.1) is 0 Å². The fourth-order valence-corrected chi connectivity index (χ4v) is 1.54. The number of hydrogen-bond donors (Lipinski definition) is 1. The Bertz CT molecular complexity index is 555. The average Bonchev–Trinajstić information content (AvgIpc) is 2.46. The maximum Gasteiger partial charge on any atom is 0.253 e. The Morgan fingerprint density at radius 2 is 2.11 bits per heavy atom. The second-order valence-electron chi connectivity index (χ2n) is 3.76. The SMILES string of the molecule is COc1ccc(CNC(=O)c2ccc(Cl)nc2)cn1. The minimum Gasteiger partial charge on any atom is -0.481 e. The van der Waals surface area contributed by atoms with Crippen LogP contribution in [-0.2, 0) is 6.54 Å². The summed E-state index contributed by atoms with van der Waals surface area (Å²) in [6.45, 7) is 0.387. The highest BCUT2D eigenvalue weighted by Crippen LogP contribution is 2.08. The molecule has 98 valence electrons. The summed E-state index contributed by atoms with van der Waals surface area (Å²) in [7, 11) is 1.55. The lowest BCUT2D eigenvalue weighted by molar-refractivity contribution is 0.0950. The first-order chi connectivity index (χ1) is 9.19. The van der Waals surface area contributed by atoms with E-state index in [0.717, 1.165) is 5.56 Å². The van der Waals surface area contributed by atoms with E-state index in [1.807, 2.05) is 6.07 Å². The van der Waals surface area contributed by atoms with Crippen LogP contribution in [0.4, 0.5) is 0 Å². The van der Waals surface area contributed by atoms with E-state index in [4.69, 9.17) is 16.3 Å². The third kappa shape index (κ3) is 3.66. The number of amides is 1. The van der Waals surface area contributed by atoms with Crippen molar-refractivity contribution < 1.29 is 9.53 Å². The normalized spacial score (nSPS) is 10.0. The molecule has 2 aromatic rings. The molecule has 1 N–H and O–H groups in total. The molecule has 0 saturated heterocycles. The summed E-state index contributed by atoms with van der Waals surface area (Å²) in [5.74, 6) is 0.331. The fraction of sp³-hybridized carbons (Fsp3) is 0.154. The Morgan fingerprint density at radius 1 is 1.26 bits per heavy atom. The first kappa shape index (κ1) is 13.3. The summed E-state index contributed by atoms with van der Waals surface area (Å²) in [5, 5.41) is 3.13. The molecule has 19 heavy (non-hydrogen) atoms. The molecule has 0 spiro atoms. The van der Waals surface area contributed by atoms with Crippen molar-refractivity contribution in [1.29, 1.82) is 0 Å². The highest BCUT2D eigenvalue weighted by molar-refractivity contribution is 6.29. The second kappa shape index (κ2) is 6.15. The maximum atomic E-state index is 11.8. The minimum atomic E-state index is -0.208. The molecule has 1 amide bonds. The van der Waals surface area contributed by atoms with E-state index >= 15 is 0 Å². The van der Waals surface area contributed by atoms with Crippen molar-refractivity contribution in [3.63, 3.8) is 0 Å². The molecule has 0 fully saturated rings. The van der Waals surface area contributed by atoms with Gasteiger partial charge in [-0.3, -0.25) is 4.79 Å².